The van der Waals surface area contributed by atoms with Crippen LogP contribution in [0.5, 0.6) is 0 Å². The summed E-state index contributed by atoms with van der Waals surface area (Å²) >= 11 is 0. The average molecular weight is 304 g/mol. The smallest absolute Gasteiger partial charge is 0.271 e. The normalized spacial score (nSPS) is 16.2. The van der Waals surface area contributed by atoms with E-state index in [2.05, 4.69) is 14.9 Å². The summed E-state index contributed by atoms with van der Waals surface area (Å²) in [6, 6.07) is 2.88. The molecule has 1 aromatic carbocycles. The molecule has 0 saturated carbocycles. The van der Waals surface area contributed by atoms with Crippen LogP contribution in [0.15, 0.2) is 12.1 Å². The Morgan fingerprint density at radius 2 is 1.82 bits per heavy atom. The van der Waals surface area contributed by atoms with Crippen LogP contribution in [0.3, 0.4) is 0 Å². The van der Waals surface area contributed by atoms with Crippen LogP contribution in [0.4, 0.5) is 15.9 Å². The summed E-state index contributed by atoms with van der Waals surface area (Å²) in [6.45, 7) is 3.21. The number of likely N-dealkylation sites (N-methyl/N-ethyl adjacent to an activating group) is 1. The second kappa shape index (κ2) is 5.38. The fraction of sp³-hybridized carbons (Fsp3) is 0.357. The van der Waals surface area contributed by atoms with Gasteiger partial charge in [0.05, 0.1) is 16.7 Å². The monoisotopic (exact) mass is 304 g/mol. The number of amides is 1. The fourth-order valence-corrected chi connectivity index (χ4v) is 2.55. The van der Waals surface area contributed by atoms with Crippen molar-refractivity contribution in [3.63, 3.8) is 0 Å². The molecule has 7 nitrogen and oxygen atoms in total. The van der Waals surface area contributed by atoms with Crippen molar-refractivity contribution in [2.75, 3.05) is 43.9 Å². The Morgan fingerprint density at radius 1 is 1.18 bits per heavy atom. The van der Waals surface area contributed by atoms with E-state index in [1.54, 1.807) is 6.07 Å². The zero-order chi connectivity index (χ0) is 15.9. The molecule has 116 valence electrons. The second-order valence-corrected chi connectivity index (χ2v) is 5.40. The summed E-state index contributed by atoms with van der Waals surface area (Å²) in [5, 5.41) is 0. The molecule has 0 spiro atoms. The van der Waals surface area contributed by atoms with Crippen LogP contribution in [0.2, 0.25) is 0 Å². The van der Waals surface area contributed by atoms with Crippen molar-refractivity contribution in [2.45, 2.75) is 0 Å². The van der Waals surface area contributed by atoms with Gasteiger partial charge in [-0.3, -0.25) is 4.79 Å². The molecule has 1 fully saturated rings. The Hall–Kier alpha value is -2.48. The van der Waals surface area contributed by atoms with Gasteiger partial charge >= 0.3 is 0 Å². The first-order valence-electron chi connectivity index (χ1n) is 6.96. The van der Waals surface area contributed by atoms with Crippen molar-refractivity contribution in [2.24, 2.45) is 5.73 Å². The number of hydrogen-bond acceptors (Lipinski definition) is 6. The molecule has 2 heterocycles. The number of rotatable bonds is 2. The highest BCUT2D eigenvalue weighted by atomic mass is 19.1. The van der Waals surface area contributed by atoms with Gasteiger partial charge < -0.3 is 21.3 Å². The maximum atomic E-state index is 14.4. The Kier molecular flexibility index (Phi) is 3.53. The third-order valence-electron chi connectivity index (χ3n) is 3.84. The van der Waals surface area contributed by atoms with Crippen molar-refractivity contribution >= 4 is 28.4 Å². The van der Waals surface area contributed by atoms with Crippen LogP contribution in [0.25, 0.3) is 11.0 Å². The van der Waals surface area contributed by atoms with Gasteiger partial charge in [-0.25, -0.2) is 14.4 Å². The third-order valence-corrected chi connectivity index (χ3v) is 3.84. The predicted molar refractivity (Wildman–Crippen MR) is 82.1 cm³/mol. The number of nitrogens with two attached hydrogens (primary N) is 2. The Labute approximate surface area is 126 Å². The van der Waals surface area contributed by atoms with E-state index >= 15 is 0 Å². The number of benzene rings is 1. The van der Waals surface area contributed by atoms with E-state index in [0.717, 1.165) is 26.2 Å². The lowest BCUT2D eigenvalue weighted by molar-refractivity contribution is 0.0996. The number of carbonyl (C=O) groups excluding carboxylic acids is 1. The Balaban J connectivity index is 2.05. The highest BCUT2D eigenvalue weighted by molar-refractivity contribution is 5.97. The van der Waals surface area contributed by atoms with Crippen LogP contribution in [0, 0.1) is 5.82 Å². The first-order valence-corrected chi connectivity index (χ1v) is 6.96. The van der Waals surface area contributed by atoms with Gasteiger partial charge in [-0.15, -0.1) is 0 Å². The van der Waals surface area contributed by atoms with Gasteiger partial charge in [0, 0.05) is 32.2 Å². The fourth-order valence-electron chi connectivity index (χ4n) is 2.55. The van der Waals surface area contributed by atoms with E-state index in [1.807, 2.05) is 11.9 Å². The van der Waals surface area contributed by atoms with Gasteiger partial charge in [0.25, 0.3) is 5.91 Å². The molecule has 0 atom stereocenters. The van der Waals surface area contributed by atoms with Crippen molar-refractivity contribution < 1.29 is 9.18 Å². The van der Waals surface area contributed by atoms with Gasteiger partial charge in [-0.05, 0) is 13.1 Å². The van der Waals surface area contributed by atoms with Gasteiger partial charge in [0.2, 0.25) is 0 Å². The van der Waals surface area contributed by atoms with Crippen molar-refractivity contribution in [1.82, 2.24) is 14.9 Å². The minimum Gasteiger partial charge on any atom is -0.382 e. The number of primary amides is 1. The van der Waals surface area contributed by atoms with Crippen LogP contribution >= 0.6 is 0 Å². The zero-order valence-corrected chi connectivity index (χ0v) is 12.2. The molecule has 1 aliphatic rings. The first kappa shape index (κ1) is 14.5. The minimum absolute atomic E-state index is 0.0454. The molecule has 4 N–H and O–H groups in total. The summed E-state index contributed by atoms with van der Waals surface area (Å²) in [7, 11) is 2.03. The first-order chi connectivity index (χ1) is 10.5. The lowest BCUT2D eigenvalue weighted by Crippen LogP contribution is -2.44. The Bertz CT molecular complexity index is 742. The molecule has 1 amide bonds. The zero-order valence-electron chi connectivity index (χ0n) is 12.2. The van der Waals surface area contributed by atoms with E-state index in [4.69, 9.17) is 11.5 Å². The molecule has 1 aliphatic heterocycles. The predicted octanol–water partition coefficient (Wildman–Crippen LogP) is 0.202. The summed E-state index contributed by atoms with van der Waals surface area (Å²) in [5.41, 5.74) is 11.9. The molecular weight excluding hydrogens is 287 g/mol. The maximum Gasteiger partial charge on any atom is 0.271 e. The van der Waals surface area contributed by atoms with E-state index in [1.165, 1.54) is 6.07 Å². The Morgan fingerprint density at radius 3 is 2.45 bits per heavy atom. The molecule has 0 unspecified atom stereocenters. The van der Waals surface area contributed by atoms with Crippen molar-refractivity contribution in [3.05, 3.63) is 23.6 Å². The summed E-state index contributed by atoms with van der Waals surface area (Å²) in [4.78, 5) is 23.5. The quantitative estimate of drug-likeness (QED) is 0.822. The van der Waals surface area contributed by atoms with Gasteiger partial charge in [-0.1, -0.05) is 0 Å². The second-order valence-electron chi connectivity index (χ2n) is 5.40. The SMILES string of the molecule is CN1CCN(c2cc3nc(N)c(C(N)=O)nc3cc2F)CC1. The molecular formula is C14H17FN6O. The number of piperazine rings is 1. The van der Waals surface area contributed by atoms with E-state index in [0.29, 0.717) is 11.2 Å². The number of halogens is 1. The molecule has 0 radical (unpaired) electrons. The molecule has 1 saturated heterocycles. The van der Waals surface area contributed by atoms with Crippen LogP contribution in [-0.4, -0.2) is 54.0 Å². The van der Waals surface area contributed by atoms with Crippen LogP contribution < -0.4 is 16.4 Å². The molecule has 3 rings (SSSR count). The molecule has 1 aromatic heterocycles. The number of anilines is 2. The number of nitrogens with zero attached hydrogens (tertiary/aromatic N) is 4. The highest BCUT2D eigenvalue weighted by Gasteiger charge is 2.19. The van der Waals surface area contributed by atoms with Crippen LogP contribution in [-0.2, 0) is 0 Å². The lowest BCUT2D eigenvalue weighted by Gasteiger charge is -2.34. The molecule has 0 aliphatic carbocycles. The van der Waals surface area contributed by atoms with Gasteiger partial charge in [-0.2, -0.15) is 0 Å². The van der Waals surface area contributed by atoms with Crippen LogP contribution in [0.1, 0.15) is 10.5 Å². The largest absolute Gasteiger partial charge is 0.382 e. The standard InChI is InChI=1S/C14H17FN6O/c1-20-2-4-21(5-3-20)11-7-10-9(6-8(11)15)18-12(14(17)22)13(16)19-10/h6-7H,2-5H2,1H3,(H2,16,19)(H2,17,22). The summed E-state index contributed by atoms with van der Waals surface area (Å²) in [6.07, 6.45) is 0. The molecule has 8 heteroatoms. The minimum atomic E-state index is -0.782. The summed E-state index contributed by atoms with van der Waals surface area (Å²) in [5.74, 6) is -1.22. The number of nitrogen functional groups attached to an aromatic ring is 1. The third kappa shape index (κ3) is 2.52. The molecule has 22 heavy (non-hydrogen) atoms. The van der Waals surface area contributed by atoms with E-state index in [9.17, 15) is 9.18 Å². The molecule has 0 bridgehead atoms. The number of hydrogen-bond donors (Lipinski definition) is 2. The van der Waals surface area contributed by atoms with Crippen molar-refractivity contribution in [3.8, 4) is 0 Å². The average Bonchev–Trinajstić information content (AvgIpc) is 2.47. The number of carbonyl (C=O) groups is 1. The van der Waals surface area contributed by atoms with E-state index < -0.39 is 11.7 Å². The topological polar surface area (TPSA) is 101 Å². The highest BCUT2D eigenvalue weighted by Crippen LogP contribution is 2.26. The van der Waals surface area contributed by atoms with Gasteiger partial charge in [0.15, 0.2) is 11.5 Å². The number of fused-ring (bicyclic) bond motifs is 1. The summed E-state index contributed by atoms with van der Waals surface area (Å²) < 4.78 is 14.4. The van der Waals surface area contributed by atoms with Gasteiger partial charge in [0.1, 0.15) is 5.82 Å². The van der Waals surface area contributed by atoms with Crippen molar-refractivity contribution in [1.29, 1.82) is 0 Å². The van der Waals surface area contributed by atoms with E-state index in [-0.39, 0.29) is 17.0 Å². The maximum absolute atomic E-state index is 14.4. The lowest BCUT2D eigenvalue weighted by atomic mass is 10.2. The number of aromatic nitrogens is 2. The molecule has 2 aromatic rings.